The van der Waals surface area contributed by atoms with E-state index in [1.54, 1.807) is 12.1 Å². The fourth-order valence-corrected chi connectivity index (χ4v) is 1.66. The second-order valence-electron chi connectivity index (χ2n) is 4.38. The minimum Gasteiger partial charge on any atom is -0.478 e. The molecular weight excluding hydrogens is 244 g/mol. The molecule has 0 radical (unpaired) electrons. The Morgan fingerprint density at radius 1 is 1.11 bits per heavy atom. The predicted octanol–water partition coefficient (Wildman–Crippen LogP) is 1.52. The summed E-state index contributed by atoms with van der Waals surface area (Å²) in [6.07, 6.45) is 3.27. The first-order valence-corrected chi connectivity index (χ1v) is 6.42. The van der Waals surface area contributed by atoms with Gasteiger partial charge in [-0.15, -0.1) is 0 Å². The first-order valence-electron chi connectivity index (χ1n) is 6.42. The lowest BCUT2D eigenvalue weighted by molar-refractivity contribution is -0.121. The predicted molar refractivity (Wildman–Crippen MR) is 72.8 cm³/mol. The van der Waals surface area contributed by atoms with E-state index < -0.39 is 5.97 Å². The van der Waals surface area contributed by atoms with Crippen LogP contribution in [0.1, 0.15) is 41.6 Å². The van der Waals surface area contributed by atoms with Crippen molar-refractivity contribution in [1.82, 2.24) is 5.32 Å². The molecule has 0 aromatic heterocycles. The summed E-state index contributed by atoms with van der Waals surface area (Å²) < 4.78 is 0. The van der Waals surface area contributed by atoms with Crippen LogP contribution in [0.4, 0.5) is 0 Å². The highest BCUT2D eigenvalue weighted by Gasteiger charge is 2.03. The van der Waals surface area contributed by atoms with E-state index in [1.807, 2.05) is 0 Å². The van der Waals surface area contributed by atoms with E-state index >= 15 is 0 Å². The Morgan fingerprint density at radius 3 is 2.37 bits per heavy atom. The third-order valence-corrected chi connectivity index (χ3v) is 2.80. The van der Waals surface area contributed by atoms with Gasteiger partial charge in [-0.2, -0.15) is 0 Å². The van der Waals surface area contributed by atoms with Crippen LogP contribution in [0.2, 0.25) is 0 Å². The van der Waals surface area contributed by atoms with Gasteiger partial charge in [-0.1, -0.05) is 18.6 Å². The lowest BCUT2D eigenvalue weighted by Gasteiger charge is -2.05. The number of amides is 1. The summed E-state index contributed by atoms with van der Waals surface area (Å²) in [5, 5.41) is 11.6. The van der Waals surface area contributed by atoms with Gasteiger partial charge in [0.2, 0.25) is 5.91 Å². The van der Waals surface area contributed by atoms with Crippen molar-refractivity contribution in [1.29, 1.82) is 0 Å². The topological polar surface area (TPSA) is 92.4 Å². The Labute approximate surface area is 112 Å². The minimum absolute atomic E-state index is 0.0133. The summed E-state index contributed by atoms with van der Waals surface area (Å²) >= 11 is 0. The number of nitrogens with one attached hydrogen (secondary N) is 1. The number of carboxylic acid groups (broad SMARTS) is 1. The van der Waals surface area contributed by atoms with Gasteiger partial charge in [-0.05, 0) is 37.1 Å². The third-order valence-electron chi connectivity index (χ3n) is 2.80. The van der Waals surface area contributed by atoms with Gasteiger partial charge in [0.15, 0.2) is 0 Å². The van der Waals surface area contributed by atoms with E-state index in [1.165, 1.54) is 12.1 Å². The number of benzene rings is 1. The maximum absolute atomic E-state index is 11.5. The highest BCUT2D eigenvalue weighted by atomic mass is 16.4. The quantitative estimate of drug-likeness (QED) is 0.621. The lowest BCUT2D eigenvalue weighted by atomic mass is 10.1. The third kappa shape index (κ3) is 6.01. The molecule has 4 N–H and O–H groups in total. The Morgan fingerprint density at radius 2 is 1.79 bits per heavy atom. The van der Waals surface area contributed by atoms with Crippen molar-refractivity contribution in [2.24, 2.45) is 5.73 Å². The number of carbonyl (C=O) groups is 2. The van der Waals surface area contributed by atoms with Crippen molar-refractivity contribution in [2.75, 3.05) is 6.54 Å². The average Bonchev–Trinajstić information content (AvgIpc) is 2.42. The number of nitrogens with two attached hydrogens (primary N) is 1. The summed E-state index contributed by atoms with van der Waals surface area (Å²) in [6, 6.07) is 6.48. The zero-order chi connectivity index (χ0) is 14.1. The van der Waals surface area contributed by atoms with Gasteiger partial charge >= 0.3 is 5.97 Å². The normalized spacial score (nSPS) is 10.2. The maximum atomic E-state index is 11.5. The summed E-state index contributed by atoms with van der Waals surface area (Å²) in [5.74, 6) is -0.935. The largest absolute Gasteiger partial charge is 0.478 e. The van der Waals surface area contributed by atoms with E-state index in [9.17, 15) is 9.59 Å². The maximum Gasteiger partial charge on any atom is 0.335 e. The SMILES string of the molecule is NCCCCCC(=O)NCc1ccc(C(=O)O)cc1. The smallest absolute Gasteiger partial charge is 0.335 e. The fraction of sp³-hybridized carbons (Fsp3) is 0.429. The standard InChI is InChI=1S/C14H20N2O3/c15-9-3-1-2-4-13(17)16-10-11-5-7-12(8-6-11)14(18)19/h5-8H,1-4,9-10,15H2,(H,16,17)(H,18,19). The first-order chi connectivity index (χ1) is 9.13. The number of carbonyl (C=O) groups excluding carboxylic acids is 1. The number of hydrogen-bond donors (Lipinski definition) is 3. The molecule has 0 atom stereocenters. The van der Waals surface area contributed by atoms with E-state index in [-0.39, 0.29) is 11.5 Å². The molecule has 104 valence electrons. The van der Waals surface area contributed by atoms with Crippen molar-refractivity contribution in [3.63, 3.8) is 0 Å². The molecule has 0 aliphatic heterocycles. The molecule has 0 unspecified atom stereocenters. The van der Waals surface area contributed by atoms with Gasteiger partial charge in [0.05, 0.1) is 5.56 Å². The molecule has 0 bridgehead atoms. The van der Waals surface area contributed by atoms with Crippen molar-refractivity contribution in [2.45, 2.75) is 32.2 Å². The van der Waals surface area contributed by atoms with Crippen LogP contribution in [0.15, 0.2) is 24.3 Å². The molecule has 1 aromatic rings. The highest BCUT2D eigenvalue weighted by Crippen LogP contribution is 2.05. The molecular formula is C14H20N2O3. The molecule has 1 aromatic carbocycles. The Hall–Kier alpha value is -1.88. The van der Waals surface area contributed by atoms with Crippen LogP contribution in [-0.2, 0) is 11.3 Å². The zero-order valence-electron chi connectivity index (χ0n) is 10.9. The summed E-state index contributed by atoms with van der Waals surface area (Å²) in [4.78, 5) is 22.2. The van der Waals surface area contributed by atoms with Gasteiger partial charge in [0, 0.05) is 13.0 Å². The van der Waals surface area contributed by atoms with Gasteiger partial charge in [0.25, 0.3) is 0 Å². The van der Waals surface area contributed by atoms with Crippen LogP contribution in [0.25, 0.3) is 0 Å². The summed E-state index contributed by atoms with van der Waals surface area (Å²) in [7, 11) is 0. The molecule has 0 aliphatic carbocycles. The Kier molecular flexibility index (Phi) is 6.60. The van der Waals surface area contributed by atoms with Gasteiger partial charge in [-0.25, -0.2) is 4.79 Å². The lowest BCUT2D eigenvalue weighted by Crippen LogP contribution is -2.22. The van der Waals surface area contributed by atoms with E-state index in [4.69, 9.17) is 10.8 Å². The van der Waals surface area contributed by atoms with Crippen molar-refractivity contribution < 1.29 is 14.7 Å². The van der Waals surface area contributed by atoms with E-state index in [0.717, 1.165) is 24.8 Å². The molecule has 0 aliphatic rings. The van der Waals surface area contributed by atoms with Crippen molar-refractivity contribution >= 4 is 11.9 Å². The molecule has 1 amide bonds. The Bertz CT molecular complexity index is 415. The van der Waals surface area contributed by atoms with E-state index in [0.29, 0.717) is 19.5 Å². The number of carboxylic acids is 1. The summed E-state index contributed by atoms with van der Waals surface area (Å²) in [5.41, 5.74) is 6.51. The number of aromatic carboxylic acids is 1. The van der Waals surface area contributed by atoms with Crippen molar-refractivity contribution in [3.05, 3.63) is 35.4 Å². The van der Waals surface area contributed by atoms with Gasteiger partial charge in [-0.3, -0.25) is 4.79 Å². The number of rotatable bonds is 8. The fourth-order valence-electron chi connectivity index (χ4n) is 1.66. The van der Waals surface area contributed by atoms with Crippen LogP contribution in [-0.4, -0.2) is 23.5 Å². The first kappa shape index (κ1) is 15.2. The minimum atomic E-state index is -0.949. The van der Waals surface area contributed by atoms with Crippen LogP contribution in [0.5, 0.6) is 0 Å². The molecule has 0 fully saturated rings. The second-order valence-corrected chi connectivity index (χ2v) is 4.38. The highest BCUT2D eigenvalue weighted by molar-refractivity contribution is 5.87. The number of hydrogen-bond acceptors (Lipinski definition) is 3. The molecule has 19 heavy (non-hydrogen) atoms. The molecule has 0 heterocycles. The molecule has 0 saturated carbocycles. The van der Waals surface area contributed by atoms with Crippen LogP contribution < -0.4 is 11.1 Å². The van der Waals surface area contributed by atoms with Crippen LogP contribution >= 0.6 is 0 Å². The number of unbranched alkanes of at least 4 members (excludes halogenated alkanes) is 2. The van der Waals surface area contributed by atoms with Gasteiger partial charge in [0.1, 0.15) is 0 Å². The monoisotopic (exact) mass is 264 g/mol. The molecule has 0 spiro atoms. The van der Waals surface area contributed by atoms with Crippen molar-refractivity contribution in [3.8, 4) is 0 Å². The van der Waals surface area contributed by atoms with Crippen LogP contribution in [0, 0.1) is 0 Å². The molecule has 1 rings (SSSR count). The second kappa shape index (κ2) is 8.26. The molecule has 5 nitrogen and oxygen atoms in total. The van der Waals surface area contributed by atoms with E-state index in [2.05, 4.69) is 5.32 Å². The zero-order valence-corrected chi connectivity index (χ0v) is 10.9. The average molecular weight is 264 g/mol. The van der Waals surface area contributed by atoms with Gasteiger partial charge < -0.3 is 16.2 Å². The molecule has 5 heteroatoms. The summed E-state index contributed by atoms with van der Waals surface area (Å²) in [6.45, 7) is 1.09. The Balaban J connectivity index is 2.28. The van der Waals surface area contributed by atoms with Crippen LogP contribution in [0.3, 0.4) is 0 Å². The molecule has 0 saturated heterocycles.